The monoisotopic (exact) mass is 326 g/mol. The van der Waals surface area contributed by atoms with Gasteiger partial charge in [-0.1, -0.05) is 30.3 Å². The molecule has 120 valence electrons. The van der Waals surface area contributed by atoms with Gasteiger partial charge in [-0.15, -0.1) is 0 Å². The van der Waals surface area contributed by atoms with E-state index in [0.29, 0.717) is 5.57 Å². The Morgan fingerprint density at radius 1 is 0.960 bits per heavy atom. The Labute approximate surface area is 143 Å². The molecule has 5 heteroatoms. The smallest absolute Gasteiger partial charge is 0.256 e. The van der Waals surface area contributed by atoms with Crippen molar-refractivity contribution in [3.05, 3.63) is 72.1 Å². The van der Waals surface area contributed by atoms with E-state index in [-0.39, 0.29) is 5.91 Å². The van der Waals surface area contributed by atoms with Crippen LogP contribution in [0.15, 0.2) is 60.8 Å². The maximum Gasteiger partial charge on any atom is 0.256 e. The van der Waals surface area contributed by atoms with Crippen molar-refractivity contribution in [2.24, 2.45) is 0 Å². The number of hydrogen-bond donors (Lipinski definition) is 3. The van der Waals surface area contributed by atoms with E-state index in [1.807, 2.05) is 66.9 Å². The first-order valence-electron chi connectivity index (χ1n) is 8.04. The first kappa shape index (κ1) is 13.8. The van der Waals surface area contributed by atoms with Gasteiger partial charge in [0, 0.05) is 23.0 Å². The van der Waals surface area contributed by atoms with Gasteiger partial charge in [-0.3, -0.25) is 4.79 Å². The van der Waals surface area contributed by atoms with Gasteiger partial charge in [0.2, 0.25) is 0 Å². The van der Waals surface area contributed by atoms with Gasteiger partial charge < -0.3 is 15.3 Å². The van der Waals surface area contributed by atoms with Crippen LogP contribution in [0.2, 0.25) is 0 Å². The molecule has 0 fully saturated rings. The molecule has 4 aromatic rings. The molecule has 3 heterocycles. The Morgan fingerprint density at radius 2 is 1.84 bits per heavy atom. The third-order valence-corrected chi connectivity index (χ3v) is 4.39. The van der Waals surface area contributed by atoms with Crippen LogP contribution in [0.25, 0.3) is 34.1 Å². The molecule has 5 nitrogen and oxygen atoms in total. The molecule has 0 spiro atoms. The zero-order chi connectivity index (χ0) is 16.8. The van der Waals surface area contributed by atoms with Crippen LogP contribution in [0, 0.1) is 0 Å². The fourth-order valence-corrected chi connectivity index (χ4v) is 3.22. The lowest BCUT2D eigenvalue weighted by Crippen LogP contribution is -2.03. The molecular weight excluding hydrogens is 312 g/mol. The minimum atomic E-state index is -0.110. The lowest BCUT2D eigenvalue weighted by Gasteiger charge is -1.99. The normalized spacial score (nSPS) is 14.9. The van der Waals surface area contributed by atoms with Crippen LogP contribution < -0.4 is 5.32 Å². The van der Waals surface area contributed by atoms with E-state index in [4.69, 9.17) is 4.98 Å². The third kappa shape index (κ3) is 2.17. The van der Waals surface area contributed by atoms with Crippen LogP contribution in [0.5, 0.6) is 0 Å². The third-order valence-electron chi connectivity index (χ3n) is 4.39. The number of imidazole rings is 1. The molecule has 0 bridgehead atoms. The summed E-state index contributed by atoms with van der Waals surface area (Å²) in [6, 6.07) is 17.7. The van der Waals surface area contributed by atoms with Crippen molar-refractivity contribution in [1.29, 1.82) is 0 Å². The second-order valence-corrected chi connectivity index (χ2v) is 5.97. The second kappa shape index (κ2) is 5.21. The lowest BCUT2D eigenvalue weighted by atomic mass is 10.0. The van der Waals surface area contributed by atoms with Gasteiger partial charge in [0.25, 0.3) is 5.91 Å². The molecule has 0 aliphatic carbocycles. The number of amides is 1. The Balaban J connectivity index is 1.73. The Kier molecular flexibility index (Phi) is 2.87. The molecule has 0 saturated heterocycles. The van der Waals surface area contributed by atoms with Crippen LogP contribution in [0.3, 0.4) is 0 Å². The van der Waals surface area contributed by atoms with Gasteiger partial charge in [-0.25, -0.2) is 4.98 Å². The van der Waals surface area contributed by atoms with Gasteiger partial charge in [-0.05, 0) is 30.3 Å². The predicted molar refractivity (Wildman–Crippen MR) is 98.8 cm³/mol. The summed E-state index contributed by atoms with van der Waals surface area (Å²) in [6.45, 7) is 0. The van der Waals surface area contributed by atoms with Gasteiger partial charge in [-0.2, -0.15) is 0 Å². The zero-order valence-electron chi connectivity index (χ0n) is 13.2. The highest BCUT2D eigenvalue weighted by atomic mass is 16.2. The predicted octanol–water partition coefficient (Wildman–Crippen LogP) is 4.05. The number of aromatic amines is 2. The van der Waals surface area contributed by atoms with Crippen molar-refractivity contribution in [3.63, 3.8) is 0 Å². The van der Waals surface area contributed by atoms with Gasteiger partial charge in [0.1, 0.15) is 5.82 Å². The summed E-state index contributed by atoms with van der Waals surface area (Å²) >= 11 is 0. The molecule has 1 amide bonds. The molecule has 5 rings (SSSR count). The van der Waals surface area contributed by atoms with E-state index in [9.17, 15) is 4.79 Å². The summed E-state index contributed by atoms with van der Waals surface area (Å²) in [5, 5.41) is 2.93. The van der Waals surface area contributed by atoms with Crippen molar-refractivity contribution in [2.45, 2.75) is 0 Å². The highest BCUT2D eigenvalue weighted by Crippen LogP contribution is 2.38. The molecule has 1 aliphatic heterocycles. The van der Waals surface area contributed by atoms with Crippen molar-refractivity contribution in [1.82, 2.24) is 15.0 Å². The molecule has 0 atom stereocenters. The van der Waals surface area contributed by atoms with E-state index in [1.165, 1.54) is 0 Å². The van der Waals surface area contributed by atoms with E-state index in [0.717, 1.165) is 39.4 Å². The molecule has 0 saturated carbocycles. The van der Waals surface area contributed by atoms with Crippen molar-refractivity contribution >= 4 is 34.3 Å². The number of fused-ring (bicyclic) bond motifs is 3. The first-order valence-corrected chi connectivity index (χ1v) is 8.04. The van der Waals surface area contributed by atoms with Crippen LogP contribution >= 0.6 is 0 Å². The number of carbonyl (C=O) groups is 1. The number of aromatic nitrogens is 3. The quantitative estimate of drug-likeness (QED) is 0.486. The highest BCUT2D eigenvalue weighted by molar-refractivity contribution is 6.37. The Bertz CT molecular complexity index is 1120. The fraction of sp³-hybridized carbons (Fsp3) is 0. The Hall–Kier alpha value is -3.60. The van der Waals surface area contributed by atoms with Crippen molar-refractivity contribution in [2.75, 3.05) is 5.32 Å². The molecule has 0 unspecified atom stereocenters. The minimum absolute atomic E-state index is 0.110. The lowest BCUT2D eigenvalue weighted by molar-refractivity contribution is -0.110. The number of carbonyl (C=O) groups excluding carboxylic acids is 1. The standard InChI is InChI=1S/C20H14N4O/c25-20-14(11-13-7-4-10-21-13)17-15(23-20)8-9-16-18(17)24-19(22-16)12-5-2-1-3-6-12/h1-11,21H,(H,22,24)(H,23,25)/b14-11+. The summed E-state index contributed by atoms with van der Waals surface area (Å²) in [6.07, 6.45) is 3.69. The molecule has 3 N–H and O–H groups in total. The first-order chi connectivity index (χ1) is 12.3. The van der Waals surface area contributed by atoms with Gasteiger partial charge in [0.05, 0.1) is 22.3 Å². The van der Waals surface area contributed by atoms with Gasteiger partial charge >= 0.3 is 0 Å². The topological polar surface area (TPSA) is 73.6 Å². The Morgan fingerprint density at radius 3 is 2.64 bits per heavy atom. The number of H-pyrrole nitrogens is 2. The summed E-state index contributed by atoms with van der Waals surface area (Å²) in [7, 11) is 0. The van der Waals surface area contributed by atoms with E-state index >= 15 is 0 Å². The SMILES string of the molecule is O=C1Nc2ccc3[nH]c(-c4ccccc4)nc3c2/C1=C\c1ccc[nH]1. The number of nitrogens with one attached hydrogen (secondary N) is 3. The number of nitrogens with zero attached hydrogens (tertiary/aromatic N) is 1. The van der Waals surface area contributed by atoms with E-state index in [2.05, 4.69) is 15.3 Å². The summed E-state index contributed by atoms with van der Waals surface area (Å²) in [5.74, 6) is 0.684. The maximum absolute atomic E-state index is 12.4. The highest BCUT2D eigenvalue weighted by Gasteiger charge is 2.28. The van der Waals surface area contributed by atoms with E-state index in [1.54, 1.807) is 0 Å². The summed E-state index contributed by atoms with van der Waals surface area (Å²) in [5.41, 5.74) is 5.86. The number of anilines is 1. The zero-order valence-corrected chi connectivity index (χ0v) is 13.2. The maximum atomic E-state index is 12.4. The van der Waals surface area contributed by atoms with Crippen LogP contribution in [0.1, 0.15) is 11.3 Å². The number of rotatable bonds is 2. The van der Waals surface area contributed by atoms with E-state index < -0.39 is 0 Å². The average Bonchev–Trinajstić information content (AvgIpc) is 3.35. The summed E-state index contributed by atoms with van der Waals surface area (Å²) in [4.78, 5) is 23.7. The van der Waals surface area contributed by atoms with Crippen molar-refractivity contribution in [3.8, 4) is 11.4 Å². The van der Waals surface area contributed by atoms with Crippen LogP contribution in [-0.2, 0) is 4.79 Å². The summed E-state index contributed by atoms with van der Waals surface area (Å²) < 4.78 is 0. The molecule has 0 radical (unpaired) electrons. The van der Waals surface area contributed by atoms with Crippen LogP contribution in [-0.4, -0.2) is 20.9 Å². The van der Waals surface area contributed by atoms with Crippen LogP contribution in [0.4, 0.5) is 5.69 Å². The minimum Gasteiger partial charge on any atom is -0.362 e. The molecular formula is C20H14N4O. The molecule has 2 aromatic carbocycles. The molecule has 1 aliphatic rings. The van der Waals surface area contributed by atoms with Crippen molar-refractivity contribution < 1.29 is 4.79 Å². The van der Waals surface area contributed by atoms with Gasteiger partial charge in [0.15, 0.2) is 0 Å². The average molecular weight is 326 g/mol. The number of hydrogen-bond acceptors (Lipinski definition) is 2. The molecule has 25 heavy (non-hydrogen) atoms. The second-order valence-electron chi connectivity index (χ2n) is 5.97. The number of benzene rings is 2. The fourth-order valence-electron chi connectivity index (χ4n) is 3.22. The largest absolute Gasteiger partial charge is 0.362 e. The molecule has 2 aromatic heterocycles.